The molecule has 4 unspecified atom stereocenters. The summed E-state index contributed by atoms with van der Waals surface area (Å²) >= 11 is 13.6. The number of rotatable bonds is 11. The van der Waals surface area contributed by atoms with Crippen molar-refractivity contribution < 1.29 is 19.1 Å². The number of ether oxygens (including phenoxy) is 2. The van der Waals surface area contributed by atoms with E-state index in [1.54, 1.807) is 34.7 Å². The van der Waals surface area contributed by atoms with Crippen molar-refractivity contribution in [3.8, 4) is 34.5 Å². The van der Waals surface area contributed by atoms with Crippen molar-refractivity contribution in [2.24, 2.45) is 17.8 Å². The minimum atomic E-state index is -0.337. The van der Waals surface area contributed by atoms with Gasteiger partial charge in [-0.15, -0.1) is 0 Å². The van der Waals surface area contributed by atoms with Crippen LogP contribution in [0.25, 0.3) is 22.2 Å². The fraction of sp³-hybridized carbons (Fsp3) is 0.457. The summed E-state index contributed by atoms with van der Waals surface area (Å²) < 4.78 is 12.6. The zero-order chi connectivity index (χ0) is 34.1. The Morgan fingerprint density at radius 2 is 1.79 bits per heavy atom. The number of nitrogens with zero attached hydrogens (tertiary/aromatic N) is 5. The summed E-state index contributed by atoms with van der Waals surface area (Å²) in [6, 6.07) is 3.34. The number of carbonyl (C=O) groups is 2. The zero-order valence-corrected chi connectivity index (χ0v) is 28.7. The van der Waals surface area contributed by atoms with Gasteiger partial charge < -0.3 is 19.7 Å². The highest BCUT2D eigenvalue weighted by atomic mass is 35.5. The van der Waals surface area contributed by atoms with E-state index in [9.17, 15) is 14.4 Å². The van der Waals surface area contributed by atoms with Crippen molar-refractivity contribution in [2.75, 3.05) is 52.3 Å². The van der Waals surface area contributed by atoms with Gasteiger partial charge in [0.15, 0.2) is 5.78 Å². The lowest BCUT2D eigenvalue weighted by atomic mass is 9.92. The Balaban J connectivity index is 1.37. The largest absolute Gasteiger partial charge is 0.495 e. The second-order valence-corrected chi connectivity index (χ2v) is 13.2. The second kappa shape index (κ2) is 14.2. The van der Waals surface area contributed by atoms with Crippen LogP contribution in [-0.2, 0) is 16.1 Å². The highest BCUT2D eigenvalue weighted by molar-refractivity contribution is 6.41. The molecule has 3 fully saturated rings. The van der Waals surface area contributed by atoms with Crippen LogP contribution < -0.4 is 20.3 Å². The number of hydrogen-bond donors (Lipinski definition) is 1. The lowest BCUT2D eigenvalue weighted by Gasteiger charge is -2.33. The fourth-order valence-electron chi connectivity index (χ4n) is 7.13. The SMILES string of the molecule is C=CC(=O)CC1CC2CC2C1Nc1ncc2cc(-c3c(Cl)c(OC)cc(OC)c3Cl)c(=O)n(CCN3CCN(C(=O)C#CC)CC3)c2n1. The molecule has 2 aliphatic carbocycles. The Morgan fingerprint density at radius 1 is 1.08 bits per heavy atom. The average molecular weight is 694 g/mol. The van der Waals surface area contributed by atoms with Crippen LogP contribution in [0.3, 0.4) is 0 Å². The number of methoxy groups -OCH3 is 2. The molecular formula is C35H38Cl2N6O5. The Labute approximate surface area is 289 Å². The predicted molar refractivity (Wildman–Crippen MR) is 186 cm³/mol. The molecule has 252 valence electrons. The number of benzene rings is 1. The van der Waals surface area contributed by atoms with E-state index >= 15 is 0 Å². The standard InChI is InChI=1S/C35H38Cl2N6O5/c1-5-7-28(45)42-11-8-41(9-12-42)10-13-43-33-22(17-25(34(43)46)29-30(36)26(47-3)18-27(48-4)31(29)37)19-38-35(40-33)39-32-21(15-23(44)6-2)14-20-16-24(20)32/h6,17-21,24,32H,2,8-16H2,1,3-4H3,(H,38,39,40). The lowest BCUT2D eigenvalue weighted by molar-refractivity contribution is -0.126. The maximum absolute atomic E-state index is 14.4. The molecule has 0 spiro atoms. The second-order valence-electron chi connectivity index (χ2n) is 12.5. The Bertz CT molecular complexity index is 1870. The van der Waals surface area contributed by atoms with Crippen LogP contribution in [0.1, 0.15) is 26.2 Å². The third-order valence-electron chi connectivity index (χ3n) is 9.74. The number of hydrogen-bond acceptors (Lipinski definition) is 9. The zero-order valence-electron chi connectivity index (χ0n) is 27.2. The monoisotopic (exact) mass is 692 g/mol. The van der Waals surface area contributed by atoms with E-state index in [0.717, 1.165) is 12.8 Å². The van der Waals surface area contributed by atoms with Gasteiger partial charge in [0.25, 0.3) is 11.5 Å². The number of piperazine rings is 1. The number of fused-ring (bicyclic) bond motifs is 2. The summed E-state index contributed by atoms with van der Waals surface area (Å²) in [7, 11) is 2.96. The number of aromatic nitrogens is 3. The smallest absolute Gasteiger partial charge is 0.298 e. The van der Waals surface area contributed by atoms with Gasteiger partial charge >= 0.3 is 0 Å². The molecule has 6 rings (SSSR count). The van der Waals surface area contributed by atoms with Gasteiger partial charge in [0.2, 0.25) is 5.95 Å². The fourth-order valence-corrected chi connectivity index (χ4v) is 7.84. The van der Waals surface area contributed by atoms with E-state index in [4.69, 9.17) is 37.7 Å². The van der Waals surface area contributed by atoms with Crippen molar-refractivity contribution in [1.29, 1.82) is 0 Å². The molecule has 2 saturated carbocycles. The van der Waals surface area contributed by atoms with Gasteiger partial charge in [-0.2, -0.15) is 4.98 Å². The summed E-state index contributed by atoms with van der Waals surface area (Å²) in [5.74, 6) is 7.40. The van der Waals surface area contributed by atoms with Crippen LogP contribution >= 0.6 is 23.2 Å². The molecule has 2 aromatic heterocycles. The average Bonchev–Trinajstić information content (AvgIpc) is 3.78. The summed E-state index contributed by atoms with van der Waals surface area (Å²) in [6.07, 6.45) is 5.61. The number of pyridine rings is 1. The van der Waals surface area contributed by atoms with Crippen LogP contribution in [0.2, 0.25) is 10.0 Å². The predicted octanol–water partition coefficient (Wildman–Crippen LogP) is 4.53. The van der Waals surface area contributed by atoms with E-state index in [1.807, 2.05) is 0 Å². The highest BCUT2D eigenvalue weighted by Crippen LogP contribution is 2.56. The Kier molecular flexibility index (Phi) is 9.97. The molecule has 4 atom stereocenters. The van der Waals surface area contributed by atoms with E-state index in [2.05, 4.69) is 33.6 Å². The van der Waals surface area contributed by atoms with E-state index < -0.39 is 0 Å². The van der Waals surface area contributed by atoms with Crippen LogP contribution in [0.15, 0.2) is 35.8 Å². The van der Waals surface area contributed by atoms with Crippen LogP contribution in [0.4, 0.5) is 5.95 Å². The number of amides is 1. The normalized spacial score (nSPS) is 21.6. The molecule has 3 aromatic rings. The molecule has 1 aromatic carbocycles. The molecule has 0 radical (unpaired) electrons. The molecule has 13 heteroatoms. The van der Waals surface area contributed by atoms with Gasteiger partial charge in [-0.25, -0.2) is 4.98 Å². The molecule has 11 nitrogen and oxygen atoms in total. The van der Waals surface area contributed by atoms with Crippen LogP contribution in [0.5, 0.6) is 11.5 Å². The van der Waals surface area contributed by atoms with Crippen molar-refractivity contribution >= 4 is 51.9 Å². The molecule has 1 amide bonds. The Morgan fingerprint density at radius 3 is 2.44 bits per heavy atom. The first-order chi connectivity index (χ1) is 23.2. The van der Waals surface area contributed by atoms with Gasteiger partial charge in [-0.05, 0) is 55.6 Å². The molecule has 0 bridgehead atoms. The number of carbonyl (C=O) groups excluding carboxylic acids is 2. The number of ketones is 1. The first-order valence-corrected chi connectivity index (χ1v) is 16.8. The molecule has 1 N–H and O–H groups in total. The van der Waals surface area contributed by atoms with E-state index in [0.29, 0.717) is 91.6 Å². The molecule has 48 heavy (non-hydrogen) atoms. The van der Waals surface area contributed by atoms with Gasteiger partial charge in [-0.1, -0.05) is 35.7 Å². The van der Waals surface area contributed by atoms with E-state index in [-0.39, 0.29) is 44.8 Å². The lowest BCUT2D eigenvalue weighted by Crippen LogP contribution is -2.49. The summed E-state index contributed by atoms with van der Waals surface area (Å²) in [6.45, 7) is 8.52. The van der Waals surface area contributed by atoms with Gasteiger partial charge in [0.05, 0.1) is 29.8 Å². The van der Waals surface area contributed by atoms with Gasteiger partial charge in [-0.3, -0.25) is 23.9 Å². The summed E-state index contributed by atoms with van der Waals surface area (Å²) in [4.78, 5) is 52.4. The van der Waals surface area contributed by atoms with Crippen LogP contribution in [-0.4, -0.2) is 89.0 Å². The quantitative estimate of drug-likeness (QED) is 0.228. The first kappa shape index (κ1) is 33.8. The van der Waals surface area contributed by atoms with Crippen molar-refractivity contribution in [1.82, 2.24) is 24.3 Å². The molecule has 3 aliphatic rings. The van der Waals surface area contributed by atoms with Crippen molar-refractivity contribution in [3.63, 3.8) is 0 Å². The third kappa shape index (κ3) is 6.62. The van der Waals surface area contributed by atoms with Crippen molar-refractivity contribution in [3.05, 3.63) is 51.4 Å². The van der Waals surface area contributed by atoms with Crippen molar-refractivity contribution in [2.45, 2.75) is 38.8 Å². The summed E-state index contributed by atoms with van der Waals surface area (Å²) in [5.41, 5.74) is 0.671. The molecule has 1 aliphatic heterocycles. The number of halogens is 2. The first-order valence-electron chi connectivity index (χ1n) is 16.0. The maximum atomic E-state index is 14.4. The third-order valence-corrected chi connectivity index (χ3v) is 10.5. The van der Waals surface area contributed by atoms with E-state index in [1.165, 1.54) is 20.3 Å². The van der Waals surface area contributed by atoms with Gasteiger partial charge in [0.1, 0.15) is 17.1 Å². The number of allylic oxidation sites excluding steroid dienone is 1. The minimum Gasteiger partial charge on any atom is -0.495 e. The highest BCUT2D eigenvalue weighted by Gasteiger charge is 2.53. The maximum Gasteiger partial charge on any atom is 0.298 e. The summed E-state index contributed by atoms with van der Waals surface area (Å²) in [5, 5.41) is 4.50. The van der Waals surface area contributed by atoms with Crippen LogP contribution in [0, 0.1) is 29.6 Å². The topological polar surface area (TPSA) is 119 Å². The number of anilines is 1. The number of nitrogens with one attached hydrogen (secondary N) is 1. The minimum absolute atomic E-state index is 0.0314. The Hall–Kier alpha value is -4.11. The van der Waals surface area contributed by atoms with Gasteiger partial charge in [0, 0.05) is 74.9 Å². The molecule has 1 saturated heterocycles. The molecule has 3 heterocycles. The molecular weight excluding hydrogens is 655 g/mol.